The Labute approximate surface area is 172 Å². The van der Waals surface area contributed by atoms with Gasteiger partial charge >= 0.3 is 0 Å². The third kappa shape index (κ3) is 4.35. The van der Waals surface area contributed by atoms with Crippen LogP contribution in [0, 0.1) is 5.82 Å². The largest absolute Gasteiger partial charge is 0.437 e. The van der Waals surface area contributed by atoms with Crippen LogP contribution >= 0.6 is 11.6 Å². The molecule has 1 fully saturated rings. The average Bonchev–Trinajstić information content (AvgIpc) is 2.77. The van der Waals surface area contributed by atoms with Crippen molar-refractivity contribution < 1.29 is 13.9 Å². The molecule has 1 aromatic carbocycles. The molecule has 148 valence electrons. The minimum absolute atomic E-state index is 0.00224. The van der Waals surface area contributed by atoms with Crippen LogP contribution in [0.5, 0.6) is 11.6 Å². The third-order valence-corrected chi connectivity index (χ3v) is 5.18. The topological polar surface area (TPSA) is 68.2 Å². The Kier molecular flexibility index (Phi) is 5.67. The molecule has 0 unspecified atom stereocenters. The van der Waals surface area contributed by atoms with Crippen LogP contribution in [0.1, 0.15) is 34.8 Å². The number of benzene rings is 1. The number of hydrogen-bond acceptors (Lipinski definition) is 5. The minimum Gasteiger partial charge on any atom is -0.437 e. The molecule has 3 aromatic rings. The first-order chi connectivity index (χ1) is 14.1. The number of pyridine rings is 1. The lowest BCUT2D eigenvalue weighted by Gasteiger charge is -2.32. The second-order valence-corrected chi connectivity index (χ2v) is 7.13. The Balaban J connectivity index is 1.46. The molecule has 0 radical (unpaired) electrons. The average molecular weight is 413 g/mol. The molecule has 2 aromatic heterocycles. The second kappa shape index (κ2) is 8.53. The summed E-state index contributed by atoms with van der Waals surface area (Å²) < 4.78 is 19.2. The number of rotatable bonds is 4. The van der Waals surface area contributed by atoms with E-state index in [4.69, 9.17) is 16.3 Å². The number of ether oxygens (including phenoxy) is 1. The van der Waals surface area contributed by atoms with Gasteiger partial charge < -0.3 is 9.64 Å². The maximum Gasteiger partial charge on any atom is 0.253 e. The predicted octanol–water partition coefficient (Wildman–Crippen LogP) is 4.48. The van der Waals surface area contributed by atoms with Crippen LogP contribution in [0.2, 0.25) is 5.02 Å². The summed E-state index contributed by atoms with van der Waals surface area (Å²) in [7, 11) is 0. The van der Waals surface area contributed by atoms with Gasteiger partial charge in [-0.25, -0.2) is 9.37 Å². The molecule has 0 aliphatic carbocycles. The Morgan fingerprint density at radius 3 is 2.52 bits per heavy atom. The summed E-state index contributed by atoms with van der Waals surface area (Å²) in [5, 5.41) is -0.0177. The molecular weight excluding hydrogens is 395 g/mol. The zero-order valence-corrected chi connectivity index (χ0v) is 16.2. The van der Waals surface area contributed by atoms with Crippen LogP contribution in [-0.2, 0) is 0 Å². The van der Waals surface area contributed by atoms with Gasteiger partial charge in [0.25, 0.3) is 5.91 Å². The molecular formula is C21H18ClFN4O2. The first-order valence-electron chi connectivity index (χ1n) is 9.25. The highest BCUT2D eigenvalue weighted by Crippen LogP contribution is 2.34. The zero-order valence-electron chi connectivity index (χ0n) is 15.5. The van der Waals surface area contributed by atoms with Gasteiger partial charge in [0.05, 0.1) is 5.02 Å². The Morgan fingerprint density at radius 1 is 1.07 bits per heavy atom. The van der Waals surface area contributed by atoms with E-state index in [2.05, 4.69) is 15.0 Å². The molecule has 1 aliphatic rings. The Hall–Kier alpha value is -3.06. The van der Waals surface area contributed by atoms with Crippen molar-refractivity contribution in [3.63, 3.8) is 0 Å². The third-order valence-electron chi connectivity index (χ3n) is 4.89. The number of likely N-dealkylation sites (tertiary alicyclic amines) is 1. The maximum absolute atomic E-state index is 13.4. The minimum atomic E-state index is -0.510. The normalized spacial score (nSPS) is 14.6. The van der Waals surface area contributed by atoms with Gasteiger partial charge in [0.15, 0.2) is 0 Å². The summed E-state index contributed by atoms with van der Waals surface area (Å²) in [5.41, 5.74) is 1.36. The molecule has 1 saturated heterocycles. The Bertz CT molecular complexity index is 1010. The fourth-order valence-electron chi connectivity index (χ4n) is 3.38. The summed E-state index contributed by atoms with van der Waals surface area (Å²) in [6.45, 7) is 1.23. The molecule has 0 spiro atoms. The fraction of sp³-hybridized carbons (Fsp3) is 0.238. The molecule has 1 amide bonds. The van der Waals surface area contributed by atoms with E-state index in [0.717, 1.165) is 18.5 Å². The van der Waals surface area contributed by atoms with Crippen LogP contribution in [0.3, 0.4) is 0 Å². The molecule has 29 heavy (non-hydrogen) atoms. The van der Waals surface area contributed by atoms with Crippen molar-refractivity contribution in [3.8, 4) is 11.6 Å². The first kappa shape index (κ1) is 19.3. The van der Waals surface area contributed by atoms with Crippen LogP contribution in [0.4, 0.5) is 4.39 Å². The van der Waals surface area contributed by atoms with Gasteiger partial charge in [0, 0.05) is 55.4 Å². The van der Waals surface area contributed by atoms with Crippen LogP contribution in [0.15, 0.2) is 55.1 Å². The highest BCUT2D eigenvalue weighted by molar-refractivity contribution is 6.30. The highest BCUT2D eigenvalue weighted by Gasteiger charge is 2.28. The molecule has 3 heterocycles. The monoisotopic (exact) mass is 412 g/mol. The van der Waals surface area contributed by atoms with E-state index in [9.17, 15) is 9.18 Å². The quantitative estimate of drug-likeness (QED) is 0.632. The molecule has 1 aliphatic heterocycles. The smallest absolute Gasteiger partial charge is 0.253 e. The van der Waals surface area contributed by atoms with Gasteiger partial charge in [-0.15, -0.1) is 0 Å². The van der Waals surface area contributed by atoms with Gasteiger partial charge in [-0.1, -0.05) is 11.6 Å². The van der Waals surface area contributed by atoms with Crippen molar-refractivity contribution in [1.29, 1.82) is 0 Å². The van der Waals surface area contributed by atoms with E-state index in [1.165, 1.54) is 18.2 Å². The Morgan fingerprint density at radius 2 is 1.79 bits per heavy atom. The van der Waals surface area contributed by atoms with Gasteiger partial charge in [0.2, 0.25) is 5.88 Å². The predicted molar refractivity (Wildman–Crippen MR) is 106 cm³/mol. The number of carbonyl (C=O) groups excluding carboxylic acids is 1. The van der Waals surface area contributed by atoms with Crippen molar-refractivity contribution in [2.24, 2.45) is 0 Å². The van der Waals surface area contributed by atoms with E-state index in [1.807, 2.05) is 4.90 Å². The lowest BCUT2D eigenvalue weighted by Crippen LogP contribution is -2.38. The number of halogens is 2. The van der Waals surface area contributed by atoms with Crippen molar-refractivity contribution in [2.45, 2.75) is 18.8 Å². The van der Waals surface area contributed by atoms with Gasteiger partial charge in [-0.2, -0.15) is 0 Å². The summed E-state index contributed by atoms with van der Waals surface area (Å²) in [5.74, 6) is 0.362. The van der Waals surface area contributed by atoms with Crippen LogP contribution in [-0.4, -0.2) is 38.8 Å². The van der Waals surface area contributed by atoms with E-state index < -0.39 is 5.82 Å². The van der Waals surface area contributed by atoms with E-state index in [0.29, 0.717) is 30.3 Å². The maximum atomic E-state index is 13.4. The highest BCUT2D eigenvalue weighted by atomic mass is 35.5. The van der Waals surface area contributed by atoms with Gasteiger partial charge in [-0.3, -0.25) is 14.8 Å². The summed E-state index contributed by atoms with van der Waals surface area (Å²) in [4.78, 5) is 27.2. The van der Waals surface area contributed by atoms with Crippen molar-refractivity contribution >= 4 is 17.5 Å². The molecule has 0 saturated carbocycles. The van der Waals surface area contributed by atoms with Crippen molar-refractivity contribution in [2.75, 3.05) is 13.1 Å². The molecule has 4 rings (SSSR count). The van der Waals surface area contributed by atoms with Crippen molar-refractivity contribution in [1.82, 2.24) is 19.9 Å². The van der Waals surface area contributed by atoms with E-state index >= 15 is 0 Å². The molecule has 0 bridgehead atoms. The summed E-state index contributed by atoms with van der Waals surface area (Å²) >= 11 is 5.83. The first-order valence-corrected chi connectivity index (χ1v) is 9.62. The molecule has 6 nitrogen and oxygen atoms in total. The number of amides is 1. The molecule has 8 heteroatoms. The van der Waals surface area contributed by atoms with Crippen LogP contribution in [0.25, 0.3) is 0 Å². The number of hydrogen-bond donors (Lipinski definition) is 0. The number of carbonyl (C=O) groups is 1. The van der Waals surface area contributed by atoms with Gasteiger partial charge in [0.1, 0.15) is 17.3 Å². The van der Waals surface area contributed by atoms with E-state index in [-0.39, 0.29) is 16.8 Å². The van der Waals surface area contributed by atoms with Gasteiger partial charge in [-0.05, 0) is 37.1 Å². The van der Waals surface area contributed by atoms with Crippen LogP contribution < -0.4 is 4.74 Å². The zero-order chi connectivity index (χ0) is 20.2. The van der Waals surface area contributed by atoms with Crippen molar-refractivity contribution in [3.05, 3.63) is 77.2 Å². The lowest BCUT2D eigenvalue weighted by molar-refractivity contribution is 0.0711. The molecule has 0 atom stereocenters. The summed E-state index contributed by atoms with van der Waals surface area (Å²) in [6.07, 6.45) is 7.89. The second-order valence-electron chi connectivity index (χ2n) is 6.73. The fourth-order valence-corrected chi connectivity index (χ4v) is 3.55. The SMILES string of the molecule is O=C(c1ccncc1)N1CCC(c2nccnc2Oc2ccc(F)c(Cl)c2)CC1. The lowest BCUT2D eigenvalue weighted by atomic mass is 9.93. The number of piperidine rings is 1. The number of nitrogens with zero attached hydrogens (tertiary/aromatic N) is 4. The summed E-state index contributed by atoms with van der Waals surface area (Å²) in [6, 6.07) is 7.59. The molecule has 0 N–H and O–H groups in total. The van der Waals surface area contributed by atoms with E-state index in [1.54, 1.807) is 36.9 Å². The number of aromatic nitrogens is 3. The standard InChI is InChI=1S/C21H18ClFN4O2/c22-17-13-16(1-2-18(17)23)29-20-19(25-9-10-26-20)14-5-11-27(12-6-14)21(28)15-3-7-24-8-4-15/h1-4,7-10,13-14H,5-6,11-12H2.